The zero-order chi connectivity index (χ0) is 17.9. The molecule has 3 rings (SSSR count). The Kier molecular flexibility index (Phi) is 4.97. The highest BCUT2D eigenvalue weighted by Crippen LogP contribution is 2.31. The average molecular weight is 348 g/mol. The van der Waals surface area contributed by atoms with Gasteiger partial charge >= 0.3 is 6.18 Å². The zero-order valence-electron chi connectivity index (χ0n) is 13.6. The summed E-state index contributed by atoms with van der Waals surface area (Å²) in [6, 6.07) is 11.8. The van der Waals surface area contributed by atoms with Crippen LogP contribution in [0.3, 0.4) is 0 Å². The minimum absolute atomic E-state index is 0.0109. The number of rotatable bonds is 3. The molecule has 0 saturated carbocycles. The van der Waals surface area contributed by atoms with Crippen molar-refractivity contribution < 1.29 is 18.0 Å². The van der Waals surface area contributed by atoms with E-state index in [0.29, 0.717) is 5.69 Å². The molecule has 0 atom stereocenters. The van der Waals surface area contributed by atoms with E-state index in [2.05, 4.69) is 10.2 Å². The number of alkyl halides is 3. The summed E-state index contributed by atoms with van der Waals surface area (Å²) in [5.41, 5.74) is 0.682. The van der Waals surface area contributed by atoms with Gasteiger partial charge in [0.15, 0.2) is 0 Å². The molecule has 132 valence electrons. The van der Waals surface area contributed by atoms with E-state index in [1.165, 1.54) is 18.6 Å². The summed E-state index contributed by atoms with van der Waals surface area (Å²) in [6.45, 7) is 1.83. The van der Waals surface area contributed by atoms with Gasteiger partial charge in [-0.2, -0.15) is 13.2 Å². The molecule has 1 aliphatic rings. The predicted octanol–water partition coefficient (Wildman–Crippen LogP) is 4.95. The van der Waals surface area contributed by atoms with Crippen LogP contribution in [0.5, 0.6) is 0 Å². The van der Waals surface area contributed by atoms with Gasteiger partial charge in [0.25, 0.3) is 5.91 Å². The van der Waals surface area contributed by atoms with Gasteiger partial charge in [-0.15, -0.1) is 0 Å². The van der Waals surface area contributed by atoms with Crippen LogP contribution in [0, 0.1) is 0 Å². The van der Waals surface area contributed by atoms with Crippen molar-refractivity contribution in [3.05, 3.63) is 59.7 Å². The molecule has 0 spiro atoms. The largest absolute Gasteiger partial charge is 0.416 e. The Morgan fingerprint density at radius 3 is 2.40 bits per heavy atom. The van der Waals surface area contributed by atoms with Crippen molar-refractivity contribution in [3.63, 3.8) is 0 Å². The fourth-order valence-electron chi connectivity index (χ4n) is 3.02. The minimum Gasteiger partial charge on any atom is -0.370 e. The van der Waals surface area contributed by atoms with Gasteiger partial charge in [-0.3, -0.25) is 4.79 Å². The third kappa shape index (κ3) is 4.13. The Balaban J connectivity index is 1.82. The second-order valence-corrected chi connectivity index (χ2v) is 6.10. The predicted molar refractivity (Wildman–Crippen MR) is 91.9 cm³/mol. The topological polar surface area (TPSA) is 32.3 Å². The molecule has 1 heterocycles. The van der Waals surface area contributed by atoms with Crippen molar-refractivity contribution in [3.8, 4) is 0 Å². The van der Waals surface area contributed by atoms with Crippen LogP contribution in [0.1, 0.15) is 35.2 Å². The number of hydrogen-bond acceptors (Lipinski definition) is 2. The number of piperidine rings is 1. The lowest BCUT2D eigenvalue weighted by molar-refractivity contribution is -0.137. The maximum Gasteiger partial charge on any atom is 0.416 e. The summed E-state index contributed by atoms with van der Waals surface area (Å²) in [7, 11) is 0. The summed E-state index contributed by atoms with van der Waals surface area (Å²) in [4.78, 5) is 14.6. The molecule has 0 unspecified atom stereocenters. The molecular weight excluding hydrogens is 329 g/mol. The van der Waals surface area contributed by atoms with E-state index in [4.69, 9.17) is 0 Å². The molecule has 2 aromatic rings. The van der Waals surface area contributed by atoms with Crippen LogP contribution in [0.25, 0.3) is 0 Å². The van der Waals surface area contributed by atoms with Crippen LogP contribution in [0.15, 0.2) is 48.5 Å². The van der Waals surface area contributed by atoms with Crippen molar-refractivity contribution >= 4 is 17.3 Å². The molecule has 6 heteroatoms. The number of halogens is 3. The van der Waals surface area contributed by atoms with Gasteiger partial charge < -0.3 is 10.2 Å². The van der Waals surface area contributed by atoms with Crippen molar-refractivity contribution in [2.75, 3.05) is 23.3 Å². The highest BCUT2D eigenvalue weighted by Gasteiger charge is 2.31. The summed E-state index contributed by atoms with van der Waals surface area (Å²) in [5, 5.41) is 2.75. The molecule has 2 aromatic carbocycles. The van der Waals surface area contributed by atoms with E-state index in [1.54, 1.807) is 12.1 Å². The van der Waals surface area contributed by atoms with E-state index >= 15 is 0 Å². The summed E-state index contributed by atoms with van der Waals surface area (Å²) in [5.74, 6) is -0.546. The van der Waals surface area contributed by atoms with Gasteiger partial charge in [-0.05, 0) is 49.6 Å². The number of hydrogen-bond donors (Lipinski definition) is 1. The number of nitrogens with one attached hydrogen (secondary N) is 1. The molecule has 0 radical (unpaired) electrons. The molecule has 1 fully saturated rings. The Morgan fingerprint density at radius 2 is 1.68 bits per heavy atom. The molecule has 0 bridgehead atoms. The first kappa shape index (κ1) is 17.3. The van der Waals surface area contributed by atoms with Crippen LogP contribution in [0.4, 0.5) is 24.5 Å². The molecule has 0 aromatic heterocycles. The van der Waals surface area contributed by atoms with Gasteiger partial charge in [-0.25, -0.2) is 0 Å². The Morgan fingerprint density at radius 1 is 0.960 bits per heavy atom. The second kappa shape index (κ2) is 7.17. The van der Waals surface area contributed by atoms with E-state index in [9.17, 15) is 18.0 Å². The van der Waals surface area contributed by atoms with Crippen LogP contribution >= 0.6 is 0 Å². The third-order valence-electron chi connectivity index (χ3n) is 4.30. The summed E-state index contributed by atoms with van der Waals surface area (Å²) < 4.78 is 38.5. The van der Waals surface area contributed by atoms with E-state index in [0.717, 1.165) is 43.8 Å². The molecule has 0 aliphatic carbocycles. The van der Waals surface area contributed by atoms with Crippen LogP contribution < -0.4 is 10.2 Å². The first-order valence-electron chi connectivity index (χ1n) is 8.28. The van der Waals surface area contributed by atoms with Gasteiger partial charge in [0.05, 0.1) is 16.9 Å². The molecule has 3 nitrogen and oxygen atoms in total. The third-order valence-corrected chi connectivity index (χ3v) is 4.30. The molecule has 1 N–H and O–H groups in total. The van der Waals surface area contributed by atoms with E-state index in [-0.39, 0.29) is 5.56 Å². The molecule has 1 aliphatic heterocycles. The monoisotopic (exact) mass is 348 g/mol. The van der Waals surface area contributed by atoms with E-state index in [1.807, 2.05) is 12.1 Å². The SMILES string of the molecule is O=C(Nc1ccccc1N1CCCCC1)c1cccc(C(F)(F)F)c1. The minimum atomic E-state index is -4.47. The van der Waals surface area contributed by atoms with Crippen LogP contribution in [-0.4, -0.2) is 19.0 Å². The fourth-order valence-corrected chi connectivity index (χ4v) is 3.02. The Bertz CT molecular complexity index is 752. The number of amides is 1. The Hall–Kier alpha value is -2.50. The maximum atomic E-state index is 12.8. The van der Waals surface area contributed by atoms with Crippen molar-refractivity contribution in [1.29, 1.82) is 0 Å². The number of carbonyl (C=O) groups is 1. The smallest absolute Gasteiger partial charge is 0.370 e. The van der Waals surface area contributed by atoms with Crippen LogP contribution in [0.2, 0.25) is 0 Å². The van der Waals surface area contributed by atoms with Gasteiger partial charge in [0.1, 0.15) is 0 Å². The molecule has 1 amide bonds. The highest BCUT2D eigenvalue weighted by molar-refractivity contribution is 6.06. The van der Waals surface area contributed by atoms with Gasteiger partial charge in [0.2, 0.25) is 0 Å². The number of carbonyl (C=O) groups excluding carboxylic acids is 1. The first-order valence-corrected chi connectivity index (χ1v) is 8.28. The van der Waals surface area contributed by atoms with Gasteiger partial charge in [-0.1, -0.05) is 18.2 Å². The Labute approximate surface area is 144 Å². The maximum absolute atomic E-state index is 12.8. The second-order valence-electron chi connectivity index (χ2n) is 6.10. The summed E-state index contributed by atoms with van der Waals surface area (Å²) in [6.07, 6.45) is -1.09. The molecule has 25 heavy (non-hydrogen) atoms. The van der Waals surface area contributed by atoms with Gasteiger partial charge in [0, 0.05) is 18.7 Å². The lowest BCUT2D eigenvalue weighted by Crippen LogP contribution is -2.30. The fraction of sp³-hybridized carbons (Fsp3) is 0.316. The quantitative estimate of drug-likeness (QED) is 0.851. The van der Waals surface area contributed by atoms with Crippen molar-refractivity contribution in [2.24, 2.45) is 0 Å². The van der Waals surface area contributed by atoms with Crippen molar-refractivity contribution in [2.45, 2.75) is 25.4 Å². The number of benzene rings is 2. The highest BCUT2D eigenvalue weighted by atomic mass is 19.4. The number of anilines is 2. The number of nitrogens with zero attached hydrogens (tertiary/aromatic N) is 1. The normalized spacial score (nSPS) is 15.1. The summed E-state index contributed by atoms with van der Waals surface area (Å²) >= 11 is 0. The lowest BCUT2D eigenvalue weighted by Gasteiger charge is -2.30. The molecule has 1 saturated heterocycles. The first-order chi connectivity index (χ1) is 11.9. The lowest BCUT2D eigenvalue weighted by atomic mass is 10.1. The average Bonchev–Trinajstić information content (AvgIpc) is 2.62. The number of para-hydroxylation sites is 2. The van der Waals surface area contributed by atoms with E-state index < -0.39 is 17.6 Å². The zero-order valence-corrected chi connectivity index (χ0v) is 13.6. The van der Waals surface area contributed by atoms with Crippen LogP contribution in [-0.2, 0) is 6.18 Å². The standard InChI is InChI=1S/C19H19F3N2O/c20-19(21,22)15-8-6-7-14(13-15)18(25)23-16-9-2-3-10-17(16)24-11-4-1-5-12-24/h2-3,6-10,13H,1,4-5,11-12H2,(H,23,25). The molecular formula is C19H19F3N2O. The van der Waals surface area contributed by atoms with Crippen molar-refractivity contribution in [1.82, 2.24) is 0 Å².